The summed E-state index contributed by atoms with van der Waals surface area (Å²) in [6.45, 7) is 5.86. The summed E-state index contributed by atoms with van der Waals surface area (Å²) in [6, 6.07) is 17.4. The maximum atomic E-state index is 12.4. The molecule has 0 N–H and O–H groups in total. The molecule has 4 heteroatoms. The number of hydrogen-bond donors (Lipinski definition) is 0. The zero-order valence-electron chi connectivity index (χ0n) is 14.1. The third-order valence-electron chi connectivity index (χ3n) is 4.22. The van der Waals surface area contributed by atoms with Gasteiger partial charge in [0.1, 0.15) is 0 Å². The van der Waals surface area contributed by atoms with Gasteiger partial charge in [-0.25, -0.2) is 0 Å². The first kappa shape index (κ1) is 16.1. The summed E-state index contributed by atoms with van der Waals surface area (Å²) >= 11 is 0. The smallest absolute Gasteiger partial charge is 0.223 e. The highest BCUT2D eigenvalue weighted by Gasteiger charge is 2.28. The Balaban J connectivity index is 1.79. The number of Topliss-reactive ketones (excluding diaryl/α,β-unsaturated/α-hetero) is 1. The second-order valence-corrected chi connectivity index (χ2v) is 6.42. The van der Waals surface area contributed by atoms with Gasteiger partial charge in [-0.15, -0.1) is 0 Å². The van der Waals surface area contributed by atoms with E-state index >= 15 is 0 Å². The Bertz CT molecular complexity index is 834. The Hall–Kier alpha value is -2.75. The summed E-state index contributed by atoms with van der Waals surface area (Å²) in [5.74, 6) is 1.30. The minimum Gasteiger partial charge on any atom is -0.340 e. The van der Waals surface area contributed by atoms with Crippen molar-refractivity contribution in [2.24, 2.45) is 0 Å². The highest BCUT2D eigenvalue weighted by atomic mass is 16.5. The van der Waals surface area contributed by atoms with Crippen LogP contribution in [0.3, 0.4) is 0 Å². The lowest BCUT2D eigenvalue weighted by Gasteiger charge is -2.21. The average molecular weight is 320 g/mol. The Morgan fingerprint density at radius 3 is 2.29 bits per heavy atom. The molecule has 3 aromatic rings. The van der Waals surface area contributed by atoms with Crippen LogP contribution in [0.15, 0.2) is 59.1 Å². The number of aryl methyl sites for hydroxylation is 1. The van der Waals surface area contributed by atoms with Crippen molar-refractivity contribution >= 4 is 5.78 Å². The Kier molecular flexibility index (Phi) is 4.30. The number of carbonyl (C=O) groups excluding carboxylic acids is 1. The van der Waals surface area contributed by atoms with Gasteiger partial charge >= 0.3 is 0 Å². The third-order valence-corrected chi connectivity index (χ3v) is 4.22. The van der Waals surface area contributed by atoms with Crippen molar-refractivity contribution in [3.05, 3.63) is 83.0 Å². The molecule has 0 atom stereocenters. The summed E-state index contributed by atoms with van der Waals surface area (Å²) in [5, 5.41) is 4.02. The lowest BCUT2D eigenvalue weighted by molar-refractivity contribution is 0.0993. The Morgan fingerprint density at radius 2 is 1.71 bits per heavy atom. The van der Waals surface area contributed by atoms with Crippen LogP contribution in [-0.4, -0.2) is 15.9 Å². The molecule has 0 radical (unpaired) electrons. The van der Waals surface area contributed by atoms with Crippen LogP contribution in [-0.2, 0) is 11.8 Å². The Morgan fingerprint density at radius 1 is 1.04 bits per heavy atom. The molecule has 0 saturated heterocycles. The molecule has 0 spiro atoms. The largest absolute Gasteiger partial charge is 0.340 e. The second kappa shape index (κ2) is 6.40. The molecule has 0 bridgehead atoms. The first-order chi connectivity index (χ1) is 11.5. The van der Waals surface area contributed by atoms with Gasteiger partial charge in [-0.1, -0.05) is 59.8 Å². The van der Waals surface area contributed by atoms with E-state index in [0.29, 0.717) is 23.7 Å². The minimum atomic E-state index is -0.376. The van der Waals surface area contributed by atoms with Crippen LogP contribution in [0.5, 0.6) is 0 Å². The van der Waals surface area contributed by atoms with Gasteiger partial charge in [0.15, 0.2) is 11.6 Å². The van der Waals surface area contributed by atoms with Crippen molar-refractivity contribution in [1.82, 2.24) is 10.1 Å². The van der Waals surface area contributed by atoms with Crippen molar-refractivity contribution in [2.45, 2.75) is 32.6 Å². The maximum Gasteiger partial charge on any atom is 0.223 e. The molecule has 0 saturated carbocycles. The first-order valence-electron chi connectivity index (χ1n) is 7.95. The number of hydrogen-bond acceptors (Lipinski definition) is 4. The van der Waals surface area contributed by atoms with E-state index in [0.717, 1.165) is 11.1 Å². The Labute approximate surface area is 141 Å². The molecule has 2 aromatic carbocycles. The number of aromatic nitrogens is 2. The maximum absolute atomic E-state index is 12.4. The molecular formula is C20H20N2O2. The summed E-state index contributed by atoms with van der Waals surface area (Å²) in [6.07, 6.45) is 0.410. The van der Waals surface area contributed by atoms with Gasteiger partial charge < -0.3 is 4.52 Å². The predicted octanol–water partition coefficient (Wildman–Crippen LogP) is 4.13. The number of carbonyl (C=O) groups is 1. The molecule has 24 heavy (non-hydrogen) atoms. The average Bonchev–Trinajstić information content (AvgIpc) is 3.03. The van der Waals surface area contributed by atoms with Gasteiger partial charge in [0.25, 0.3) is 0 Å². The fourth-order valence-electron chi connectivity index (χ4n) is 2.64. The van der Waals surface area contributed by atoms with E-state index in [-0.39, 0.29) is 11.2 Å². The topological polar surface area (TPSA) is 56.0 Å². The van der Waals surface area contributed by atoms with Crippen LogP contribution in [0.2, 0.25) is 0 Å². The molecule has 3 rings (SSSR count). The molecule has 4 nitrogen and oxygen atoms in total. The van der Waals surface area contributed by atoms with E-state index in [1.54, 1.807) is 6.92 Å². The highest BCUT2D eigenvalue weighted by Crippen LogP contribution is 2.29. The SMILES string of the molecule is Cc1nc(C(C)(C)c2ccc(C(=O)Cc3ccccc3)cc2)no1. The fourth-order valence-corrected chi connectivity index (χ4v) is 2.64. The minimum absolute atomic E-state index is 0.112. The molecule has 0 fully saturated rings. The van der Waals surface area contributed by atoms with E-state index in [9.17, 15) is 4.79 Å². The van der Waals surface area contributed by atoms with Gasteiger partial charge in [0.05, 0.1) is 5.41 Å². The molecular weight excluding hydrogens is 300 g/mol. The summed E-state index contributed by atoms with van der Waals surface area (Å²) in [5.41, 5.74) is 2.40. The zero-order chi connectivity index (χ0) is 17.2. The molecule has 1 heterocycles. The van der Waals surface area contributed by atoms with Gasteiger partial charge in [-0.2, -0.15) is 4.98 Å². The van der Waals surface area contributed by atoms with Crippen molar-refractivity contribution in [1.29, 1.82) is 0 Å². The summed E-state index contributed by atoms with van der Waals surface area (Å²) in [7, 11) is 0. The van der Waals surface area contributed by atoms with Crippen LogP contribution >= 0.6 is 0 Å². The lowest BCUT2D eigenvalue weighted by atomic mass is 9.83. The summed E-state index contributed by atoms with van der Waals surface area (Å²) < 4.78 is 5.09. The van der Waals surface area contributed by atoms with Crippen molar-refractivity contribution in [3.8, 4) is 0 Å². The molecule has 0 unspecified atom stereocenters. The molecule has 0 aliphatic heterocycles. The zero-order valence-corrected chi connectivity index (χ0v) is 14.1. The second-order valence-electron chi connectivity index (χ2n) is 6.42. The first-order valence-corrected chi connectivity index (χ1v) is 7.95. The summed E-state index contributed by atoms with van der Waals surface area (Å²) in [4.78, 5) is 16.7. The normalized spacial score (nSPS) is 11.5. The van der Waals surface area contributed by atoms with Crippen LogP contribution in [0.25, 0.3) is 0 Å². The van der Waals surface area contributed by atoms with E-state index in [4.69, 9.17) is 4.52 Å². The van der Waals surface area contributed by atoms with Crippen LogP contribution in [0.4, 0.5) is 0 Å². The van der Waals surface area contributed by atoms with E-state index < -0.39 is 0 Å². The van der Waals surface area contributed by atoms with Crippen molar-refractivity contribution in [2.75, 3.05) is 0 Å². The number of benzene rings is 2. The number of ketones is 1. The van der Waals surface area contributed by atoms with Crippen LogP contribution in [0.1, 0.15) is 47.0 Å². The van der Waals surface area contributed by atoms with Gasteiger partial charge in [0, 0.05) is 18.9 Å². The lowest BCUT2D eigenvalue weighted by Crippen LogP contribution is -2.21. The molecule has 0 aliphatic carbocycles. The standard InChI is InChI=1S/C20H20N2O2/c1-14-21-19(22-24-14)20(2,3)17-11-9-16(10-12-17)18(23)13-15-7-5-4-6-8-15/h4-12H,13H2,1-3H3. The van der Waals surface area contributed by atoms with Crippen molar-refractivity contribution in [3.63, 3.8) is 0 Å². The monoisotopic (exact) mass is 320 g/mol. The van der Waals surface area contributed by atoms with E-state index in [2.05, 4.69) is 10.1 Å². The van der Waals surface area contributed by atoms with E-state index in [1.165, 1.54) is 0 Å². The highest BCUT2D eigenvalue weighted by molar-refractivity contribution is 5.97. The van der Waals surface area contributed by atoms with Gasteiger partial charge in [-0.05, 0) is 25.0 Å². The molecule has 0 aliphatic rings. The predicted molar refractivity (Wildman–Crippen MR) is 92.1 cm³/mol. The molecule has 122 valence electrons. The molecule has 0 amide bonds. The quantitative estimate of drug-likeness (QED) is 0.663. The van der Waals surface area contributed by atoms with Crippen LogP contribution in [0, 0.1) is 6.92 Å². The van der Waals surface area contributed by atoms with Crippen LogP contribution < -0.4 is 0 Å². The fraction of sp³-hybridized carbons (Fsp3) is 0.250. The number of nitrogens with zero attached hydrogens (tertiary/aromatic N) is 2. The number of rotatable bonds is 5. The van der Waals surface area contributed by atoms with Gasteiger partial charge in [0.2, 0.25) is 5.89 Å². The molecule has 1 aromatic heterocycles. The van der Waals surface area contributed by atoms with E-state index in [1.807, 2.05) is 68.4 Å². The third kappa shape index (κ3) is 3.27. The van der Waals surface area contributed by atoms with Gasteiger partial charge in [-0.3, -0.25) is 4.79 Å². The van der Waals surface area contributed by atoms with Crippen molar-refractivity contribution < 1.29 is 9.32 Å².